The molecule has 2 saturated carbocycles. The van der Waals surface area contributed by atoms with E-state index in [1.54, 1.807) is 11.0 Å². The number of allylic oxidation sites excluding steroid dienone is 2. The zero-order chi connectivity index (χ0) is 35.8. The normalized spacial score (nSPS) is 29.1. The molecule has 5 aliphatic rings. The molecule has 3 aromatic rings. The van der Waals surface area contributed by atoms with Crippen LogP contribution in [0.1, 0.15) is 67.6 Å². The third kappa shape index (κ3) is 5.05. The van der Waals surface area contributed by atoms with Crippen molar-refractivity contribution < 1.29 is 29.0 Å². The minimum atomic E-state index is -1.44. The SMILES string of the molecule is COc1cc([C@H]2C3=CC[C@@H]4C(=O)N(C5CCCCC5)C(=O)[C@@H]4[C@@H]3C[C@H]3C(=O)N(Nc4ccc(C)cc4)C(=O)[C@@]23c2ccccc2)c(Br)c(Br)c1O. The lowest BCUT2D eigenvalue weighted by molar-refractivity contribution is -0.144. The zero-order valence-electron chi connectivity index (χ0n) is 28.4. The summed E-state index contributed by atoms with van der Waals surface area (Å²) in [5.74, 6) is -4.27. The van der Waals surface area contributed by atoms with E-state index in [1.165, 1.54) is 7.11 Å². The molecule has 0 spiro atoms. The van der Waals surface area contributed by atoms with Crippen molar-refractivity contribution in [3.63, 3.8) is 0 Å². The van der Waals surface area contributed by atoms with Crippen molar-refractivity contribution in [2.45, 2.75) is 69.2 Å². The quantitative estimate of drug-likeness (QED) is 0.195. The van der Waals surface area contributed by atoms with Crippen LogP contribution in [-0.4, -0.2) is 51.8 Å². The van der Waals surface area contributed by atoms with Crippen LogP contribution in [0, 0.1) is 30.6 Å². The molecule has 51 heavy (non-hydrogen) atoms. The molecule has 8 rings (SSSR count). The second kappa shape index (κ2) is 12.9. The Morgan fingerprint density at radius 2 is 1.59 bits per heavy atom. The number of nitrogens with one attached hydrogen (secondary N) is 1. The number of aryl methyl sites for hydroxylation is 1. The predicted octanol–water partition coefficient (Wildman–Crippen LogP) is 7.55. The van der Waals surface area contributed by atoms with Crippen LogP contribution in [0.3, 0.4) is 0 Å². The lowest BCUT2D eigenvalue weighted by Crippen LogP contribution is -2.53. The summed E-state index contributed by atoms with van der Waals surface area (Å²) in [5.41, 5.74) is 5.47. The van der Waals surface area contributed by atoms with Crippen LogP contribution < -0.4 is 10.2 Å². The van der Waals surface area contributed by atoms with E-state index in [1.807, 2.05) is 61.5 Å². The number of rotatable bonds is 6. The third-order valence-electron chi connectivity index (χ3n) is 12.1. The highest BCUT2D eigenvalue weighted by Crippen LogP contribution is 2.65. The Balaban J connectivity index is 1.35. The number of nitrogens with zero attached hydrogens (tertiary/aromatic N) is 2. The molecular weight excluding hydrogens is 778 g/mol. The number of hydrogen-bond acceptors (Lipinski definition) is 7. The largest absolute Gasteiger partial charge is 0.503 e. The zero-order valence-corrected chi connectivity index (χ0v) is 31.6. The fourth-order valence-electron chi connectivity index (χ4n) is 9.79. The molecule has 264 valence electrons. The van der Waals surface area contributed by atoms with Crippen LogP contribution >= 0.6 is 31.9 Å². The van der Waals surface area contributed by atoms with Gasteiger partial charge in [-0.15, -0.1) is 0 Å². The van der Waals surface area contributed by atoms with Gasteiger partial charge in [0, 0.05) is 16.4 Å². The van der Waals surface area contributed by atoms with Crippen LogP contribution in [0.25, 0.3) is 0 Å². The van der Waals surface area contributed by atoms with Gasteiger partial charge in [0.05, 0.1) is 40.4 Å². The number of fused-ring (bicyclic) bond motifs is 4. The number of phenols is 1. The molecule has 11 heteroatoms. The minimum Gasteiger partial charge on any atom is -0.503 e. The summed E-state index contributed by atoms with van der Waals surface area (Å²) < 4.78 is 6.49. The second-order valence-corrected chi connectivity index (χ2v) is 16.2. The number of ether oxygens (including phenoxy) is 1. The molecule has 2 heterocycles. The Morgan fingerprint density at radius 1 is 0.882 bits per heavy atom. The fraction of sp³-hybridized carbons (Fsp3) is 0.400. The van der Waals surface area contributed by atoms with Gasteiger partial charge in [0.2, 0.25) is 11.8 Å². The van der Waals surface area contributed by atoms with E-state index in [4.69, 9.17) is 4.74 Å². The van der Waals surface area contributed by atoms with Gasteiger partial charge in [0.25, 0.3) is 11.8 Å². The average Bonchev–Trinajstić information content (AvgIpc) is 3.53. The number of imide groups is 2. The number of anilines is 1. The highest BCUT2D eigenvalue weighted by Gasteiger charge is 2.70. The molecule has 2 N–H and O–H groups in total. The number of methoxy groups -OCH3 is 1. The van der Waals surface area contributed by atoms with Gasteiger partial charge in [-0.1, -0.05) is 78.9 Å². The van der Waals surface area contributed by atoms with Crippen molar-refractivity contribution in [3.8, 4) is 11.5 Å². The number of phenolic OH excluding ortho intramolecular Hbond substituents is 1. The first kappa shape index (κ1) is 34.1. The van der Waals surface area contributed by atoms with E-state index in [-0.39, 0.29) is 35.8 Å². The van der Waals surface area contributed by atoms with E-state index < -0.39 is 46.8 Å². The maximum Gasteiger partial charge on any atom is 0.260 e. The van der Waals surface area contributed by atoms with E-state index >= 15 is 4.79 Å². The van der Waals surface area contributed by atoms with Crippen LogP contribution in [0.15, 0.2) is 81.3 Å². The Kier molecular flexibility index (Phi) is 8.65. The number of hydrazine groups is 1. The number of aromatic hydroxyl groups is 1. The first-order chi connectivity index (χ1) is 24.6. The maximum absolute atomic E-state index is 15.4. The molecule has 0 bridgehead atoms. The number of hydrogen-bond donors (Lipinski definition) is 2. The van der Waals surface area contributed by atoms with Gasteiger partial charge in [0.15, 0.2) is 11.5 Å². The van der Waals surface area contributed by atoms with E-state index in [9.17, 15) is 19.5 Å². The summed E-state index contributed by atoms with van der Waals surface area (Å²) in [7, 11) is 1.46. The lowest BCUT2D eigenvalue weighted by Gasteiger charge is -2.51. The molecule has 2 aliphatic heterocycles. The first-order valence-corrected chi connectivity index (χ1v) is 19.3. The predicted molar refractivity (Wildman–Crippen MR) is 198 cm³/mol. The standard InChI is InChI=1S/C40H39Br2N3O6/c1-21-13-15-23(16-14-21)43-45-37(48)29-19-27-25(17-18-26-31(27)38(49)44(36(26)47)24-11-7-4-8-12-24)32(28-20-30(51-2)35(46)34(42)33(28)41)40(29,39(45)50)22-9-5-3-6-10-22/h3,5-6,9-10,13-17,20,24,26-27,29,31-32,43,46H,4,7-8,11-12,18-19H2,1-2H3/t26-,27+,29-,31-,32+,40+/m0/s1. The lowest BCUT2D eigenvalue weighted by atomic mass is 9.49. The number of halogens is 2. The molecule has 2 saturated heterocycles. The number of carbonyl (C=O) groups excluding carboxylic acids is 4. The molecule has 4 amide bonds. The molecule has 4 fully saturated rings. The van der Waals surface area contributed by atoms with E-state index in [0.717, 1.165) is 48.2 Å². The van der Waals surface area contributed by atoms with E-state index in [2.05, 4.69) is 43.4 Å². The van der Waals surface area contributed by atoms with Crippen molar-refractivity contribution >= 4 is 61.2 Å². The van der Waals surface area contributed by atoms with Crippen LogP contribution in [0.4, 0.5) is 5.69 Å². The van der Waals surface area contributed by atoms with Gasteiger partial charge < -0.3 is 9.84 Å². The van der Waals surface area contributed by atoms with Crippen molar-refractivity contribution in [1.29, 1.82) is 0 Å². The second-order valence-electron chi connectivity index (χ2n) is 14.6. The highest BCUT2D eigenvalue weighted by molar-refractivity contribution is 9.13. The Bertz CT molecular complexity index is 1980. The summed E-state index contributed by atoms with van der Waals surface area (Å²) in [4.78, 5) is 60.5. The van der Waals surface area contributed by atoms with Crippen molar-refractivity contribution in [1.82, 2.24) is 9.91 Å². The Morgan fingerprint density at radius 3 is 2.27 bits per heavy atom. The van der Waals surface area contributed by atoms with Gasteiger partial charge in [-0.2, -0.15) is 5.01 Å². The number of likely N-dealkylation sites (tertiary alicyclic amines) is 1. The smallest absolute Gasteiger partial charge is 0.260 e. The van der Waals surface area contributed by atoms with Crippen molar-refractivity contribution in [2.24, 2.45) is 23.7 Å². The fourth-order valence-corrected chi connectivity index (χ4v) is 10.7. The molecule has 0 unspecified atom stereocenters. The Hall–Kier alpha value is -3.96. The van der Waals surface area contributed by atoms with Crippen LogP contribution in [-0.2, 0) is 24.6 Å². The van der Waals surface area contributed by atoms with E-state index in [0.29, 0.717) is 32.2 Å². The van der Waals surface area contributed by atoms with Crippen LogP contribution in [0.2, 0.25) is 0 Å². The summed E-state index contributed by atoms with van der Waals surface area (Å²) in [5, 5.41) is 12.2. The van der Waals surface area contributed by atoms with Crippen LogP contribution in [0.5, 0.6) is 11.5 Å². The molecule has 3 aromatic carbocycles. The topological polar surface area (TPSA) is 116 Å². The van der Waals surface area contributed by atoms with Gasteiger partial charge >= 0.3 is 0 Å². The summed E-state index contributed by atoms with van der Waals surface area (Å²) in [6.45, 7) is 1.97. The van der Waals surface area contributed by atoms with Gasteiger partial charge in [-0.05, 0) is 99.7 Å². The summed E-state index contributed by atoms with van der Waals surface area (Å²) >= 11 is 7.30. The van der Waals surface area contributed by atoms with Crippen molar-refractivity contribution in [3.05, 3.63) is 97.9 Å². The molecule has 0 radical (unpaired) electrons. The molecular formula is C40H39Br2N3O6. The van der Waals surface area contributed by atoms with Gasteiger partial charge in [0.1, 0.15) is 0 Å². The number of carbonyl (C=O) groups is 4. The molecule has 0 aromatic heterocycles. The maximum atomic E-state index is 15.4. The molecule has 9 nitrogen and oxygen atoms in total. The first-order valence-electron chi connectivity index (χ1n) is 17.7. The van der Waals surface area contributed by atoms with Crippen molar-refractivity contribution in [2.75, 3.05) is 12.5 Å². The average molecular weight is 818 g/mol. The molecule has 6 atom stereocenters. The highest BCUT2D eigenvalue weighted by atomic mass is 79.9. The van der Waals surface area contributed by atoms with Gasteiger partial charge in [-0.3, -0.25) is 29.5 Å². The third-order valence-corrected chi connectivity index (χ3v) is 14.2. The molecule has 3 aliphatic carbocycles. The number of amides is 4. The minimum absolute atomic E-state index is 0.106. The number of benzene rings is 3. The Labute approximate surface area is 313 Å². The summed E-state index contributed by atoms with van der Waals surface area (Å²) in [6, 6.07) is 18.5. The summed E-state index contributed by atoms with van der Waals surface area (Å²) in [6.07, 6.45) is 7.33. The van der Waals surface area contributed by atoms with Gasteiger partial charge in [-0.25, -0.2) is 0 Å². The monoisotopic (exact) mass is 815 g/mol.